The molecule has 0 saturated carbocycles. The summed E-state index contributed by atoms with van der Waals surface area (Å²) in [6.45, 7) is 2.26. The summed E-state index contributed by atoms with van der Waals surface area (Å²) in [4.78, 5) is 18.3. The third-order valence-corrected chi connectivity index (χ3v) is 5.16. The lowest BCUT2D eigenvalue weighted by Crippen LogP contribution is -2.32. The number of likely N-dealkylation sites (N-methyl/N-ethyl adjacent to an activating group) is 1. The lowest BCUT2D eigenvalue weighted by Gasteiger charge is -2.24. The van der Waals surface area contributed by atoms with Crippen molar-refractivity contribution >= 4 is 34.8 Å². The molecule has 0 aliphatic heterocycles. The summed E-state index contributed by atoms with van der Waals surface area (Å²) in [5, 5.41) is 7.66. The highest BCUT2D eigenvalue weighted by Gasteiger charge is 2.16. The van der Waals surface area contributed by atoms with Crippen molar-refractivity contribution in [2.24, 2.45) is 0 Å². The van der Waals surface area contributed by atoms with E-state index in [1.54, 1.807) is 29.2 Å². The van der Waals surface area contributed by atoms with Gasteiger partial charge in [0.1, 0.15) is 12.7 Å². The number of benzene rings is 2. The third-order valence-electron chi connectivity index (χ3n) is 4.34. The second-order valence-corrected chi connectivity index (χ2v) is 6.96. The van der Waals surface area contributed by atoms with Crippen LogP contribution in [0.2, 0.25) is 10.0 Å². The minimum absolute atomic E-state index is 0.0513. The van der Waals surface area contributed by atoms with Crippen LogP contribution in [0.1, 0.15) is 18.5 Å². The monoisotopic (exact) mass is 403 g/mol. The molecule has 1 N–H and O–H groups in total. The predicted octanol–water partition coefficient (Wildman–Crippen LogP) is 4.21. The molecule has 0 fully saturated rings. The maximum absolute atomic E-state index is 12.4. The summed E-state index contributed by atoms with van der Waals surface area (Å²) in [5.41, 5.74) is 2.53. The van der Waals surface area contributed by atoms with Crippen LogP contribution in [0.4, 0.5) is 5.69 Å². The van der Waals surface area contributed by atoms with Gasteiger partial charge in [-0.2, -0.15) is 5.10 Å². The predicted molar refractivity (Wildman–Crippen MR) is 107 cm³/mol. The number of aromatic nitrogens is 3. The molecule has 140 valence electrons. The molecule has 0 saturated heterocycles. The van der Waals surface area contributed by atoms with Crippen LogP contribution in [0.5, 0.6) is 0 Å². The van der Waals surface area contributed by atoms with Crippen LogP contribution in [0.3, 0.4) is 0 Å². The first-order valence-corrected chi connectivity index (χ1v) is 9.10. The van der Waals surface area contributed by atoms with Gasteiger partial charge in [0.05, 0.1) is 28.0 Å². The number of nitrogens with zero attached hydrogens (tertiary/aromatic N) is 4. The Bertz CT molecular complexity index is 912. The maximum Gasteiger partial charge on any atom is 0.238 e. The molecule has 1 heterocycles. The van der Waals surface area contributed by atoms with Gasteiger partial charge in [0.25, 0.3) is 0 Å². The maximum atomic E-state index is 12.4. The van der Waals surface area contributed by atoms with Crippen molar-refractivity contribution in [2.45, 2.75) is 13.0 Å². The lowest BCUT2D eigenvalue weighted by atomic mass is 10.1. The molecule has 0 aliphatic rings. The number of nitrogens with one attached hydrogen (secondary N) is 1. The SMILES string of the molecule is C[C@H](c1ccc(-n2cncn2)cc1)N(C)CC(=O)Nc1cccc(Cl)c1Cl. The van der Waals surface area contributed by atoms with Crippen LogP contribution in [0, 0.1) is 0 Å². The Kier molecular flexibility index (Phi) is 6.11. The van der Waals surface area contributed by atoms with Gasteiger partial charge in [-0.1, -0.05) is 41.4 Å². The van der Waals surface area contributed by atoms with Crippen LogP contribution in [-0.2, 0) is 4.79 Å². The Balaban J connectivity index is 1.62. The van der Waals surface area contributed by atoms with E-state index in [0.717, 1.165) is 11.3 Å². The summed E-state index contributed by atoms with van der Waals surface area (Å²) in [5.74, 6) is -0.159. The summed E-state index contributed by atoms with van der Waals surface area (Å²) >= 11 is 12.1. The zero-order valence-corrected chi connectivity index (χ0v) is 16.4. The number of hydrogen-bond acceptors (Lipinski definition) is 4. The first-order valence-electron chi connectivity index (χ1n) is 8.35. The minimum atomic E-state index is -0.159. The van der Waals surface area contributed by atoms with Crippen LogP contribution >= 0.6 is 23.2 Å². The number of carbonyl (C=O) groups is 1. The number of halogens is 2. The van der Waals surface area contributed by atoms with E-state index < -0.39 is 0 Å². The van der Waals surface area contributed by atoms with Gasteiger partial charge in [0.2, 0.25) is 5.91 Å². The smallest absolute Gasteiger partial charge is 0.238 e. The molecule has 0 spiro atoms. The molecular formula is C19H19Cl2N5O. The molecule has 1 aromatic heterocycles. The summed E-state index contributed by atoms with van der Waals surface area (Å²) < 4.78 is 1.69. The molecule has 27 heavy (non-hydrogen) atoms. The second-order valence-electron chi connectivity index (χ2n) is 6.17. The average Bonchev–Trinajstić information content (AvgIpc) is 3.19. The van der Waals surface area contributed by atoms with Crippen molar-refractivity contribution in [3.63, 3.8) is 0 Å². The number of amides is 1. The number of carbonyl (C=O) groups excluding carboxylic acids is 1. The molecule has 0 unspecified atom stereocenters. The Hall–Kier alpha value is -2.41. The fourth-order valence-electron chi connectivity index (χ4n) is 2.66. The summed E-state index contributed by atoms with van der Waals surface area (Å²) in [6, 6.07) is 13.2. The Morgan fingerprint density at radius 2 is 1.96 bits per heavy atom. The molecule has 2 aromatic carbocycles. The van der Waals surface area contributed by atoms with Gasteiger partial charge in [-0.05, 0) is 43.8 Å². The van der Waals surface area contributed by atoms with E-state index in [1.165, 1.54) is 6.33 Å². The van der Waals surface area contributed by atoms with Crippen molar-refractivity contribution < 1.29 is 4.79 Å². The van der Waals surface area contributed by atoms with E-state index in [0.29, 0.717) is 15.7 Å². The standard InChI is InChI=1S/C19H19Cl2N5O/c1-13(14-6-8-15(9-7-14)26-12-22-11-23-26)25(2)10-18(27)24-17-5-3-4-16(20)19(17)21/h3-9,11-13H,10H2,1-2H3,(H,24,27)/t13-/m1/s1. The van der Waals surface area contributed by atoms with E-state index in [-0.39, 0.29) is 18.5 Å². The van der Waals surface area contributed by atoms with Gasteiger partial charge in [0, 0.05) is 6.04 Å². The highest BCUT2D eigenvalue weighted by atomic mass is 35.5. The van der Waals surface area contributed by atoms with Crippen LogP contribution in [0.25, 0.3) is 5.69 Å². The van der Waals surface area contributed by atoms with Crippen LogP contribution < -0.4 is 5.32 Å². The van der Waals surface area contributed by atoms with E-state index in [1.807, 2.05) is 43.1 Å². The van der Waals surface area contributed by atoms with E-state index in [9.17, 15) is 4.79 Å². The fourth-order valence-corrected chi connectivity index (χ4v) is 3.00. The Labute approximate surface area is 167 Å². The quantitative estimate of drug-likeness (QED) is 0.669. The highest BCUT2D eigenvalue weighted by Crippen LogP contribution is 2.29. The van der Waals surface area contributed by atoms with Crippen molar-refractivity contribution in [3.8, 4) is 5.69 Å². The average molecular weight is 404 g/mol. The second kappa shape index (κ2) is 8.52. The number of anilines is 1. The van der Waals surface area contributed by atoms with Crippen molar-refractivity contribution in [1.82, 2.24) is 19.7 Å². The first-order chi connectivity index (χ1) is 13.0. The fraction of sp³-hybridized carbons (Fsp3) is 0.211. The van der Waals surface area contributed by atoms with Crippen molar-refractivity contribution in [3.05, 3.63) is 70.7 Å². The molecule has 3 aromatic rings. The number of hydrogen-bond donors (Lipinski definition) is 1. The molecule has 8 heteroatoms. The van der Waals surface area contributed by atoms with Gasteiger partial charge in [-0.15, -0.1) is 0 Å². The van der Waals surface area contributed by atoms with Gasteiger partial charge in [0.15, 0.2) is 0 Å². The molecule has 3 rings (SSSR count). The molecule has 0 aliphatic carbocycles. The molecule has 1 atom stereocenters. The van der Waals surface area contributed by atoms with Crippen LogP contribution in [-0.4, -0.2) is 39.2 Å². The van der Waals surface area contributed by atoms with Crippen molar-refractivity contribution in [2.75, 3.05) is 18.9 Å². The summed E-state index contributed by atoms with van der Waals surface area (Å²) in [6.07, 6.45) is 3.14. The third kappa shape index (κ3) is 4.66. The Morgan fingerprint density at radius 3 is 2.63 bits per heavy atom. The van der Waals surface area contributed by atoms with Gasteiger partial charge in [-0.3, -0.25) is 9.69 Å². The molecule has 1 amide bonds. The Morgan fingerprint density at radius 1 is 1.22 bits per heavy atom. The molecular weight excluding hydrogens is 385 g/mol. The summed E-state index contributed by atoms with van der Waals surface area (Å²) in [7, 11) is 1.90. The highest BCUT2D eigenvalue weighted by molar-refractivity contribution is 6.44. The van der Waals surface area contributed by atoms with Gasteiger partial charge < -0.3 is 5.32 Å². The van der Waals surface area contributed by atoms with Crippen molar-refractivity contribution in [1.29, 1.82) is 0 Å². The van der Waals surface area contributed by atoms with E-state index in [4.69, 9.17) is 23.2 Å². The lowest BCUT2D eigenvalue weighted by molar-refractivity contribution is -0.117. The molecule has 0 bridgehead atoms. The minimum Gasteiger partial charge on any atom is -0.324 e. The van der Waals surface area contributed by atoms with Crippen LogP contribution in [0.15, 0.2) is 55.1 Å². The van der Waals surface area contributed by atoms with Gasteiger partial charge in [-0.25, -0.2) is 9.67 Å². The largest absolute Gasteiger partial charge is 0.324 e. The first kappa shape index (κ1) is 19.4. The van der Waals surface area contributed by atoms with E-state index in [2.05, 4.69) is 15.4 Å². The molecule has 0 radical (unpaired) electrons. The topological polar surface area (TPSA) is 63.1 Å². The zero-order valence-electron chi connectivity index (χ0n) is 14.9. The zero-order chi connectivity index (χ0) is 19.4. The van der Waals surface area contributed by atoms with Gasteiger partial charge >= 0.3 is 0 Å². The van der Waals surface area contributed by atoms with E-state index >= 15 is 0 Å². The normalized spacial score (nSPS) is 12.2. The molecule has 6 nitrogen and oxygen atoms in total. The number of rotatable bonds is 6.